The summed E-state index contributed by atoms with van der Waals surface area (Å²) in [4.78, 5) is 11.4. The second kappa shape index (κ2) is 5.87. The number of ether oxygens (including phenoxy) is 1. The van der Waals surface area contributed by atoms with E-state index in [1.54, 1.807) is 12.1 Å². The number of rotatable bonds is 5. The van der Waals surface area contributed by atoms with Gasteiger partial charge in [0.05, 0.1) is 0 Å². The van der Waals surface area contributed by atoms with Crippen LogP contribution in [0.4, 0.5) is 0 Å². The number of amides is 1. The van der Waals surface area contributed by atoms with E-state index in [9.17, 15) is 4.79 Å². The first-order valence-corrected chi connectivity index (χ1v) is 5.80. The molecule has 0 bridgehead atoms. The fourth-order valence-electron chi connectivity index (χ4n) is 1.69. The van der Waals surface area contributed by atoms with Crippen LogP contribution in [0.25, 0.3) is 0 Å². The second-order valence-electron chi connectivity index (χ2n) is 4.01. The molecular formula is C15H15NO2. The van der Waals surface area contributed by atoms with E-state index >= 15 is 0 Å². The van der Waals surface area contributed by atoms with Gasteiger partial charge in [-0.3, -0.25) is 4.79 Å². The lowest BCUT2D eigenvalue weighted by Gasteiger charge is -2.16. The minimum absolute atomic E-state index is 0.456. The van der Waals surface area contributed by atoms with Crippen LogP contribution in [-0.4, -0.2) is 12.0 Å². The molecule has 2 aromatic carbocycles. The van der Waals surface area contributed by atoms with Gasteiger partial charge in [0, 0.05) is 6.42 Å². The normalized spacial score (nSPS) is 11.8. The SMILES string of the molecule is NC(=O)C(Cc1ccccc1)Oc1ccccc1. The monoisotopic (exact) mass is 241 g/mol. The summed E-state index contributed by atoms with van der Waals surface area (Å²) in [5.74, 6) is 0.194. The zero-order valence-corrected chi connectivity index (χ0v) is 9.95. The Morgan fingerprint density at radius 3 is 2.11 bits per heavy atom. The molecule has 0 saturated carbocycles. The minimum atomic E-state index is -0.644. The first kappa shape index (κ1) is 12.2. The standard InChI is InChI=1S/C15H15NO2/c16-15(17)14(11-12-7-3-1-4-8-12)18-13-9-5-2-6-10-13/h1-10,14H,11H2,(H2,16,17). The number of benzene rings is 2. The van der Waals surface area contributed by atoms with E-state index in [0.717, 1.165) is 5.56 Å². The average Bonchev–Trinajstić information content (AvgIpc) is 2.40. The molecule has 0 aliphatic rings. The van der Waals surface area contributed by atoms with E-state index < -0.39 is 12.0 Å². The Hall–Kier alpha value is -2.29. The number of hydrogen-bond donors (Lipinski definition) is 1. The van der Waals surface area contributed by atoms with Gasteiger partial charge in [-0.25, -0.2) is 0 Å². The molecule has 92 valence electrons. The number of carbonyl (C=O) groups is 1. The van der Waals surface area contributed by atoms with Crippen molar-refractivity contribution in [3.05, 3.63) is 66.2 Å². The van der Waals surface area contributed by atoms with Crippen molar-refractivity contribution in [3.63, 3.8) is 0 Å². The van der Waals surface area contributed by atoms with Gasteiger partial charge in [-0.15, -0.1) is 0 Å². The van der Waals surface area contributed by atoms with Crippen LogP contribution in [0.15, 0.2) is 60.7 Å². The van der Waals surface area contributed by atoms with Gasteiger partial charge in [0.2, 0.25) is 0 Å². The first-order chi connectivity index (χ1) is 8.75. The Kier molecular flexibility index (Phi) is 3.97. The molecule has 0 aliphatic carbocycles. The molecule has 1 atom stereocenters. The molecule has 2 rings (SSSR count). The predicted molar refractivity (Wildman–Crippen MR) is 70.2 cm³/mol. The van der Waals surface area contributed by atoms with Crippen LogP contribution in [-0.2, 0) is 11.2 Å². The van der Waals surface area contributed by atoms with Crippen LogP contribution in [0.3, 0.4) is 0 Å². The topological polar surface area (TPSA) is 52.3 Å². The third-order valence-corrected chi connectivity index (χ3v) is 2.60. The van der Waals surface area contributed by atoms with Crippen molar-refractivity contribution in [1.82, 2.24) is 0 Å². The van der Waals surface area contributed by atoms with Crippen LogP contribution in [0, 0.1) is 0 Å². The Balaban J connectivity index is 2.08. The Morgan fingerprint density at radius 2 is 1.56 bits per heavy atom. The van der Waals surface area contributed by atoms with Crippen LogP contribution < -0.4 is 10.5 Å². The van der Waals surface area contributed by atoms with E-state index in [4.69, 9.17) is 10.5 Å². The Morgan fingerprint density at radius 1 is 1.00 bits per heavy atom. The van der Waals surface area contributed by atoms with Crippen molar-refractivity contribution >= 4 is 5.91 Å². The summed E-state index contributed by atoms with van der Waals surface area (Å²) in [6.45, 7) is 0. The van der Waals surface area contributed by atoms with E-state index in [1.807, 2.05) is 48.5 Å². The lowest BCUT2D eigenvalue weighted by molar-refractivity contribution is -0.124. The van der Waals surface area contributed by atoms with Crippen molar-refractivity contribution in [2.45, 2.75) is 12.5 Å². The van der Waals surface area contributed by atoms with E-state index in [1.165, 1.54) is 0 Å². The molecule has 3 nitrogen and oxygen atoms in total. The molecule has 0 aliphatic heterocycles. The maximum atomic E-state index is 11.4. The van der Waals surface area contributed by atoms with E-state index in [-0.39, 0.29) is 0 Å². The van der Waals surface area contributed by atoms with Crippen molar-refractivity contribution in [3.8, 4) is 5.75 Å². The highest BCUT2D eigenvalue weighted by Gasteiger charge is 2.17. The molecular weight excluding hydrogens is 226 g/mol. The lowest BCUT2D eigenvalue weighted by Crippen LogP contribution is -2.35. The molecule has 0 spiro atoms. The molecule has 1 amide bonds. The number of hydrogen-bond acceptors (Lipinski definition) is 2. The van der Waals surface area contributed by atoms with Crippen molar-refractivity contribution in [2.24, 2.45) is 5.73 Å². The van der Waals surface area contributed by atoms with Gasteiger partial charge < -0.3 is 10.5 Å². The van der Waals surface area contributed by atoms with Crippen molar-refractivity contribution in [2.75, 3.05) is 0 Å². The highest BCUT2D eigenvalue weighted by Crippen LogP contribution is 2.13. The number of para-hydroxylation sites is 1. The largest absolute Gasteiger partial charge is 0.480 e. The quantitative estimate of drug-likeness (QED) is 0.872. The molecule has 2 aromatic rings. The Bertz CT molecular complexity index is 455. The minimum Gasteiger partial charge on any atom is -0.480 e. The Labute approximate surface area is 106 Å². The van der Waals surface area contributed by atoms with Crippen LogP contribution in [0.5, 0.6) is 5.75 Å². The molecule has 0 aromatic heterocycles. The average molecular weight is 241 g/mol. The second-order valence-corrected chi connectivity index (χ2v) is 4.01. The zero-order valence-electron chi connectivity index (χ0n) is 9.95. The summed E-state index contributed by atoms with van der Waals surface area (Å²) in [5, 5.41) is 0. The van der Waals surface area contributed by atoms with Crippen LogP contribution in [0.1, 0.15) is 5.56 Å². The fraction of sp³-hybridized carbons (Fsp3) is 0.133. The molecule has 2 N–H and O–H groups in total. The highest BCUT2D eigenvalue weighted by molar-refractivity contribution is 5.79. The third kappa shape index (κ3) is 3.35. The van der Waals surface area contributed by atoms with Gasteiger partial charge in [-0.2, -0.15) is 0 Å². The summed E-state index contributed by atoms with van der Waals surface area (Å²) in [6.07, 6.45) is -0.166. The molecule has 3 heteroatoms. The number of nitrogens with two attached hydrogens (primary N) is 1. The van der Waals surface area contributed by atoms with Gasteiger partial charge in [-0.1, -0.05) is 48.5 Å². The molecule has 0 fully saturated rings. The third-order valence-electron chi connectivity index (χ3n) is 2.60. The summed E-state index contributed by atoms with van der Waals surface area (Å²) in [7, 11) is 0. The number of carbonyl (C=O) groups excluding carboxylic acids is 1. The molecule has 18 heavy (non-hydrogen) atoms. The van der Waals surface area contributed by atoms with Crippen LogP contribution >= 0.6 is 0 Å². The van der Waals surface area contributed by atoms with Gasteiger partial charge in [0.25, 0.3) is 5.91 Å². The summed E-state index contributed by atoms with van der Waals surface area (Å²) in [6, 6.07) is 18.9. The maximum absolute atomic E-state index is 11.4. The number of primary amides is 1. The van der Waals surface area contributed by atoms with Crippen LogP contribution in [0.2, 0.25) is 0 Å². The summed E-state index contributed by atoms with van der Waals surface area (Å²) >= 11 is 0. The van der Waals surface area contributed by atoms with Gasteiger partial charge in [0.15, 0.2) is 6.10 Å². The fourth-order valence-corrected chi connectivity index (χ4v) is 1.69. The van der Waals surface area contributed by atoms with Crippen molar-refractivity contribution in [1.29, 1.82) is 0 Å². The molecule has 0 heterocycles. The van der Waals surface area contributed by atoms with Gasteiger partial charge in [0.1, 0.15) is 5.75 Å². The van der Waals surface area contributed by atoms with E-state index in [0.29, 0.717) is 12.2 Å². The maximum Gasteiger partial charge on any atom is 0.258 e. The zero-order chi connectivity index (χ0) is 12.8. The van der Waals surface area contributed by atoms with Crippen molar-refractivity contribution < 1.29 is 9.53 Å². The molecule has 1 unspecified atom stereocenters. The molecule has 0 radical (unpaired) electrons. The van der Waals surface area contributed by atoms with Gasteiger partial charge in [-0.05, 0) is 17.7 Å². The molecule has 0 saturated heterocycles. The predicted octanol–water partition coefficient (Wildman–Crippen LogP) is 2.16. The lowest BCUT2D eigenvalue weighted by atomic mass is 10.1. The summed E-state index contributed by atoms with van der Waals surface area (Å²) in [5.41, 5.74) is 6.39. The first-order valence-electron chi connectivity index (χ1n) is 5.80. The summed E-state index contributed by atoms with van der Waals surface area (Å²) < 4.78 is 5.61. The highest BCUT2D eigenvalue weighted by atomic mass is 16.5. The van der Waals surface area contributed by atoms with Gasteiger partial charge >= 0.3 is 0 Å². The van der Waals surface area contributed by atoms with E-state index in [2.05, 4.69) is 0 Å². The smallest absolute Gasteiger partial charge is 0.258 e.